The number of aryl methyl sites for hydroxylation is 1. The minimum atomic E-state index is -0.351. The van der Waals surface area contributed by atoms with Gasteiger partial charge in [-0.25, -0.2) is 0 Å². The quantitative estimate of drug-likeness (QED) is 0.825. The predicted octanol–water partition coefficient (Wildman–Crippen LogP) is 2.09. The van der Waals surface area contributed by atoms with Crippen molar-refractivity contribution in [1.29, 1.82) is 0 Å². The summed E-state index contributed by atoms with van der Waals surface area (Å²) in [6.45, 7) is 2.07. The van der Waals surface area contributed by atoms with Crippen LogP contribution in [0.15, 0.2) is 18.2 Å². The van der Waals surface area contributed by atoms with Crippen molar-refractivity contribution in [1.82, 2.24) is 0 Å². The summed E-state index contributed by atoms with van der Waals surface area (Å²) in [5.74, 6) is 0.865. The van der Waals surface area contributed by atoms with Gasteiger partial charge in [-0.05, 0) is 44.2 Å². The molecule has 0 atom stereocenters. The lowest BCUT2D eigenvalue weighted by Gasteiger charge is -2.37. The predicted molar refractivity (Wildman–Crippen MR) is 68.1 cm³/mol. The molecule has 3 nitrogen and oxygen atoms in total. The normalized spacial score (nSPS) is 29.1. The molecule has 17 heavy (non-hydrogen) atoms. The van der Waals surface area contributed by atoms with E-state index < -0.39 is 0 Å². The molecule has 94 valence electrons. The van der Waals surface area contributed by atoms with Gasteiger partial charge in [-0.15, -0.1) is 0 Å². The standard InChI is InChI=1S/C14H21NO2/c1-10-4-3-5-12(17-2)13(10)14(15)8-6-11(16)7-9-14/h3-5,11,16H,6-9,15H2,1-2H3. The lowest BCUT2D eigenvalue weighted by Crippen LogP contribution is -2.42. The Bertz CT molecular complexity index is 395. The Labute approximate surface area is 103 Å². The number of rotatable bonds is 2. The number of aliphatic hydroxyl groups excluding tert-OH is 1. The number of hydrogen-bond donors (Lipinski definition) is 2. The van der Waals surface area contributed by atoms with Gasteiger partial charge in [-0.1, -0.05) is 12.1 Å². The van der Waals surface area contributed by atoms with Crippen molar-refractivity contribution in [2.24, 2.45) is 5.73 Å². The minimum Gasteiger partial charge on any atom is -0.496 e. The molecule has 1 saturated carbocycles. The topological polar surface area (TPSA) is 55.5 Å². The van der Waals surface area contributed by atoms with E-state index in [2.05, 4.69) is 13.0 Å². The fraction of sp³-hybridized carbons (Fsp3) is 0.571. The molecule has 3 heteroatoms. The zero-order valence-electron chi connectivity index (χ0n) is 10.6. The van der Waals surface area contributed by atoms with Crippen molar-refractivity contribution in [3.8, 4) is 5.75 Å². The van der Waals surface area contributed by atoms with Gasteiger partial charge in [0, 0.05) is 11.1 Å². The zero-order valence-corrected chi connectivity index (χ0v) is 10.6. The summed E-state index contributed by atoms with van der Waals surface area (Å²) in [7, 11) is 1.68. The molecular weight excluding hydrogens is 214 g/mol. The lowest BCUT2D eigenvalue weighted by molar-refractivity contribution is 0.0958. The first-order valence-electron chi connectivity index (χ1n) is 6.18. The molecule has 0 spiro atoms. The summed E-state index contributed by atoms with van der Waals surface area (Å²) in [4.78, 5) is 0. The largest absolute Gasteiger partial charge is 0.496 e. The minimum absolute atomic E-state index is 0.193. The van der Waals surface area contributed by atoms with Crippen LogP contribution in [0.25, 0.3) is 0 Å². The van der Waals surface area contributed by atoms with Crippen molar-refractivity contribution in [2.45, 2.75) is 44.2 Å². The molecule has 0 aromatic heterocycles. The SMILES string of the molecule is COc1cccc(C)c1C1(N)CCC(O)CC1. The zero-order chi connectivity index (χ0) is 12.5. The summed E-state index contributed by atoms with van der Waals surface area (Å²) in [5, 5.41) is 9.60. The Kier molecular flexibility index (Phi) is 3.40. The number of methoxy groups -OCH3 is 1. The molecule has 0 bridgehead atoms. The molecule has 1 aliphatic carbocycles. The Morgan fingerprint density at radius 3 is 2.59 bits per heavy atom. The van der Waals surface area contributed by atoms with E-state index in [1.165, 1.54) is 5.56 Å². The molecule has 3 N–H and O–H groups in total. The van der Waals surface area contributed by atoms with E-state index in [0.29, 0.717) is 0 Å². The number of ether oxygens (including phenoxy) is 1. The maximum Gasteiger partial charge on any atom is 0.124 e. The summed E-state index contributed by atoms with van der Waals surface area (Å²) in [6, 6.07) is 6.01. The van der Waals surface area contributed by atoms with Crippen molar-refractivity contribution < 1.29 is 9.84 Å². The van der Waals surface area contributed by atoms with Crippen molar-refractivity contribution in [3.05, 3.63) is 29.3 Å². The van der Waals surface area contributed by atoms with Crippen LogP contribution in [0.5, 0.6) is 5.75 Å². The van der Waals surface area contributed by atoms with E-state index >= 15 is 0 Å². The Morgan fingerprint density at radius 2 is 2.00 bits per heavy atom. The first-order chi connectivity index (χ1) is 8.07. The molecule has 0 unspecified atom stereocenters. The summed E-state index contributed by atoms with van der Waals surface area (Å²) >= 11 is 0. The first-order valence-corrected chi connectivity index (χ1v) is 6.18. The van der Waals surface area contributed by atoms with Crippen LogP contribution in [0, 0.1) is 6.92 Å². The molecule has 0 heterocycles. The van der Waals surface area contributed by atoms with Crippen LogP contribution in [0.4, 0.5) is 0 Å². The Balaban J connectivity index is 2.38. The number of nitrogens with two attached hydrogens (primary N) is 1. The average Bonchev–Trinajstić information content (AvgIpc) is 2.32. The van der Waals surface area contributed by atoms with Crippen LogP contribution in [-0.2, 0) is 5.54 Å². The molecule has 0 amide bonds. The van der Waals surface area contributed by atoms with Crippen molar-refractivity contribution >= 4 is 0 Å². The van der Waals surface area contributed by atoms with Crippen molar-refractivity contribution in [2.75, 3.05) is 7.11 Å². The van der Waals surface area contributed by atoms with Gasteiger partial charge in [0.2, 0.25) is 0 Å². The number of aliphatic hydroxyl groups is 1. The molecule has 1 aromatic rings. The van der Waals surface area contributed by atoms with E-state index in [-0.39, 0.29) is 11.6 Å². The third-order valence-corrected chi connectivity index (χ3v) is 3.80. The van der Waals surface area contributed by atoms with Gasteiger partial charge in [0.25, 0.3) is 0 Å². The highest BCUT2D eigenvalue weighted by atomic mass is 16.5. The third-order valence-electron chi connectivity index (χ3n) is 3.80. The first kappa shape index (κ1) is 12.4. The molecule has 0 saturated heterocycles. The molecule has 2 rings (SSSR count). The highest BCUT2D eigenvalue weighted by Crippen LogP contribution is 2.40. The van der Waals surface area contributed by atoms with Crippen LogP contribution in [0.1, 0.15) is 36.8 Å². The molecule has 1 aliphatic rings. The molecule has 0 aliphatic heterocycles. The van der Waals surface area contributed by atoms with Crippen LogP contribution in [0.3, 0.4) is 0 Å². The van der Waals surface area contributed by atoms with E-state index in [4.69, 9.17) is 10.5 Å². The van der Waals surface area contributed by atoms with Crippen molar-refractivity contribution in [3.63, 3.8) is 0 Å². The number of hydrogen-bond acceptors (Lipinski definition) is 3. The fourth-order valence-electron chi connectivity index (χ4n) is 2.82. The summed E-state index contributed by atoms with van der Waals surface area (Å²) < 4.78 is 5.43. The molecule has 1 aromatic carbocycles. The van der Waals surface area contributed by atoms with Gasteiger partial charge in [0.1, 0.15) is 5.75 Å². The lowest BCUT2D eigenvalue weighted by atomic mass is 9.74. The van der Waals surface area contributed by atoms with Gasteiger partial charge in [-0.3, -0.25) is 0 Å². The summed E-state index contributed by atoms with van der Waals surface area (Å²) in [6.07, 6.45) is 2.98. The van der Waals surface area contributed by atoms with Gasteiger partial charge >= 0.3 is 0 Å². The molecular formula is C14H21NO2. The van der Waals surface area contributed by atoms with Gasteiger partial charge in [0.15, 0.2) is 0 Å². The fourth-order valence-corrected chi connectivity index (χ4v) is 2.82. The van der Waals surface area contributed by atoms with E-state index in [1.807, 2.05) is 12.1 Å². The van der Waals surface area contributed by atoms with Gasteiger partial charge < -0.3 is 15.6 Å². The Hall–Kier alpha value is -1.06. The highest BCUT2D eigenvalue weighted by Gasteiger charge is 2.35. The van der Waals surface area contributed by atoms with Gasteiger partial charge in [-0.2, -0.15) is 0 Å². The maximum absolute atomic E-state index is 9.60. The van der Waals surface area contributed by atoms with Crippen LogP contribution >= 0.6 is 0 Å². The van der Waals surface area contributed by atoms with E-state index in [0.717, 1.165) is 37.0 Å². The van der Waals surface area contributed by atoms with Crippen LogP contribution in [-0.4, -0.2) is 18.3 Å². The van der Waals surface area contributed by atoms with Gasteiger partial charge in [0.05, 0.1) is 13.2 Å². The second-order valence-electron chi connectivity index (χ2n) is 5.04. The third kappa shape index (κ3) is 2.31. The second kappa shape index (κ2) is 4.67. The number of benzene rings is 1. The maximum atomic E-state index is 9.60. The average molecular weight is 235 g/mol. The highest BCUT2D eigenvalue weighted by molar-refractivity contribution is 5.45. The van der Waals surface area contributed by atoms with E-state index in [1.54, 1.807) is 7.11 Å². The smallest absolute Gasteiger partial charge is 0.124 e. The molecule has 1 fully saturated rings. The van der Waals surface area contributed by atoms with Crippen LogP contribution in [0.2, 0.25) is 0 Å². The van der Waals surface area contributed by atoms with Crippen LogP contribution < -0.4 is 10.5 Å². The second-order valence-corrected chi connectivity index (χ2v) is 5.04. The molecule has 0 radical (unpaired) electrons. The summed E-state index contributed by atoms with van der Waals surface area (Å²) in [5.41, 5.74) is 8.45. The van der Waals surface area contributed by atoms with E-state index in [9.17, 15) is 5.11 Å². The Morgan fingerprint density at radius 1 is 1.35 bits per heavy atom. The monoisotopic (exact) mass is 235 g/mol.